The van der Waals surface area contributed by atoms with Crippen molar-refractivity contribution in [3.63, 3.8) is 0 Å². The van der Waals surface area contributed by atoms with E-state index in [1.807, 2.05) is 0 Å². The van der Waals surface area contributed by atoms with E-state index in [0.29, 0.717) is 5.02 Å². The van der Waals surface area contributed by atoms with Gasteiger partial charge in [-0.3, -0.25) is 0 Å². The zero-order chi connectivity index (χ0) is 10.4. The smallest absolute Gasteiger partial charge is 0.136 e. The molecule has 2 nitrogen and oxygen atoms in total. The zero-order valence-corrected chi connectivity index (χ0v) is 14.1. The van der Waals surface area contributed by atoms with E-state index in [-0.39, 0.29) is 66.1 Å². The summed E-state index contributed by atoms with van der Waals surface area (Å²) in [6.45, 7) is 4.25. The molecule has 0 aliphatic carbocycles. The molecular formula is C9H17Cl6NO. The summed E-state index contributed by atoms with van der Waals surface area (Å²) >= 11 is 11.1. The van der Waals surface area contributed by atoms with Crippen molar-refractivity contribution in [3.05, 3.63) is 22.2 Å². The minimum Gasteiger partial charge on any atom is -0.506 e. The van der Waals surface area contributed by atoms with E-state index in [0.717, 1.165) is 0 Å². The average molecular weight is 368 g/mol. The minimum absolute atomic E-state index is 0. The van der Waals surface area contributed by atoms with Crippen LogP contribution in [0.2, 0.25) is 10.0 Å². The van der Waals surface area contributed by atoms with Gasteiger partial charge in [0.1, 0.15) is 10.8 Å². The zero-order valence-electron chi connectivity index (χ0n) is 9.28. The normalized spacial score (nSPS) is 6.82. The second-order valence-electron chi connectivity index (χ2n) is 2.50. The number of phenols is 1. The summed E-state index contributed by atoms with van der Waals surface area (Å²) in [5.41, 5.74) is 5.57. The lowest BCUT2D eigenvalue weighted by Crippen LogP contribution is -1.86. The Labute approximate surface area is 137 Å². The molecule has 0 heterocycles. The Morgan fingerprint density at radius 3 is 1.71 bits per heavy atom. The quantitative estimate of drug-likeness (QED) is 0.604. The van der Waals surface area contributed by atoms with Gasteiger partial charge in [0.05, 0.1) is 10.7 Å². The summed E-state index contributed by atoms with van der Waals surface area (Å²) in [7, 11) is 0. The highest BCUT2D eigenvalue weighted by atomic mass is 35.5. The van der Waals surface area contributed by atoms with E-state index < -0.39 is 0 Å². The highest BCUT2D eigenvalue weighted by Crippen LogP contribution is 2.34. The third kappa shape index (κ3) is 11.4. The number of nitrogen functional groups attached to an aromatic ring is 1. The maximum atomic E-state index is 8.95. The number of anilines is 1. The van der Waals surface area contributed by atoms with Gasteiger partial charge >= 0.3 is 0 Å². The molecule has 0 unspecified atom stereocenters. The number of hydrogen-bond acceptors (Lipinski definition) is 2. The fourth-order valence-electron chi connectivity index (χ4n) is 0.558. The van der Waals surface area contributed by atoms with E-state index >= 15 is 0 Å². The molecular weight excluding hydrogens is 351 g/mol. The number of halogens is 6. The SMILES string of the molecule is CCC.Cl.Cl.Cl.Cl.Nc1c(Cl)ccc(O)c1Cl. The van der Waals surface area contributed by atoms with Crippen LogP contribution < -0.4 is 5.73 Å². The highest BCUT2D eigenvalue weighted by Gasteiger charge is 2.04. The van der Waals surface area contributed by atoms with Gasteiger partial charge in [-0.05, 0) is 12.1 Å². The summed E-state index contributed by atoms with van der Waals surface area (Å²) in [5.74, 6) is -0.0523. The van der Waals surface area contributed by atoms with Gasteiger partial charge in [0.15, 0.2) is 0 Å². The molecule has 1 aromatic carbocycles. The Balaban J connectivity index is -0.0000000629. The lowest BCUT2D eigenvalue weighted by atomic mass is 10.3. The third-order valence-corrected chi connectivity index (χ3v) is 1.83. The maximum Gasteiger partial charge on any atom is 0.136 e. The summed E-state index contributed by atoms with van der Waals surface area (Å²) < 4.78 is 0. The maximum absolute atomic E-state index is 8.95. The first kappa shape index (κ1) is 30.5. The lowest BCUT2D eigenvalue weighted by molar-refractivity contribution is 0.476. The number of benzene rings is 1. The molecule has 0 aliphatic rings. The van der Waals surface area contributed by atoms with E-state index in [2.05, 4.69) is 13.8 Å². The van der Waals surface area contributed by atoms with Crippen molar-refractivity contribution in [2.24, 2.45) is 0 Å². The van der Waals surface area contributed by atoms with E-state index in [1.165, 1.54) is 18.6 Å². The first-order valence-corrected chi connectivity index (χ1v) is 4.72. The molecule has 0 atom stereocenters. The Morgan fingerprint density at radius 2 is 1.41 bits per heavy atom. The number of hydrogen-bond donors (Lipinski definition) is 2. The number of rotatable bonds is 0. The van der Waals surface area contributed by atoms with Crippen molar-refractivity contribution in [1.29, 1.82) is 0 Å². The molecule has 17 heavy (non-hydrogen) atoms. The molecule has 0 saturated carbocycles. The predicted octanol–water partition coefficient (Wildman–Crippen LogP) is 5.38. The molecule has 0 radical (unpaired) electrons. The standard InChI is InChI=1S/C6H5Cl2NO.C3H8.4ClH/c7-3-1-2-4(10)5(8)6(3)9;1-3-2;;;;/h1-2,10H,9H2;3H2,1-2H3;4*1H. The van der Waals surface area contributed by atoms with Crippen LogP contribution in [0.15, 0.2) is 12.1 Å². The van der Waals surface area contributed by atoms with Crippen molar-refractivity contribution in [2.45, 2.75) is 20.3 Å². The molecule has 0 aliphatic heterocycles. The van der Waals surface area contributed by atoms with Crippen LogP contribution in [-0.4, -0.2) is 5.11 Å². The second-order valence-corrected chi connectivity index (χ2v) is 3.29. The lowest BCUT2D eigenvalue weighted by Gasteiger charge is -2.01. The Morgan fingerprint density at radius 1 is 1.06 bits per heavy atom. The Bertz CT molecular complexity index is 257. The average Bonchev–Trinajstić information content (AvgIpc) is 2.10. The van der Waals surface area contributed by atoms with Gasteiger partial charge < -0.3 is 10.8 Å². The molecule has 1 rings (SSSR count). The molecule has 0 spiro atoms. The van der Waals surface area contributed by atoms with Crippen LogP contribution in [0.4, 0.5) is 5.69 Å². The molecule has 0 amide bonds. The van der Waals surface area contributed by atoms with Gasteiger partial charge in [-0.2, -0.15) is 0 Å². The summed E-state index contributed by atoms with van der Waals surface area (Å²) in [6, 6.07) is 2.87. The number of aromatic hydroxyl groups is 1. The topological polar surface area (TPSA) is 46.2 Å². The van der Waals surface area contributed by atoms with Gasteiger partial charge in [-0.1, -0.05) is 43.5 Å². The first-order chi connectivity index (χ1) is 6.04. The van der Waals surface area contributed by atoms with Gasteiger partial charge in [-0.15, -0.1) is 49.6 Å². The summed E-state index contributed by atoms with van der Waals surface area (Å²) in [4.78, 5) is 0. The van der Waals surface area contributed by atoms with E-state index in [9.17, 15) is 0 Å². The van der Waals surface area contributed by atoms with Crippen LogP contribution in [0, 0.1) is 0 Å². The van der Waals surface area contributed by atoms with Crippen LogP contribution >= 0.6 is 72.8 Å². The molecule has 0 aromatic heterocycles. The highest BCUT2D eigenvalue weighted by molar-refractivity contribution is 6.39. The van der Waals surface area contributed by atoms with Gasteiger partial charge in [0.25, 0.3) is 0 Å². The van der Waals surface area contributed by atoms with Crippen molar-refractivity contribution in [1.82, 2.24) is 0 Å². The molecule has 8 heteroatoms. The van der Waals surface area contributed by atoms with Crippen LogP contribution in [0.5, 0.6) is 5.75 Å². The van der Waals surface area contributed by atoms with Crippen molar-refractivity contribution in [2.75, 3.05) is 5.73 Å². The molecule has 106 valence electrons. The van der Waals surface area contributed by atoms with Crippen molar-refractivity contribution >= 4 is 78.5 Å². The molecule has 0 bridgehead atoms. The Hall–Kier alpha value is 0.560. The van der Waals surface area contributed by atoms with Gasteiger partial charge in [-0.25, -0.2) is 0 Å². The number of nitrogens with two attached hydrogens (primary N) is 1. The van der Waals surface area contributed by atoms with E-state index in [4.69, 9.17) is 34.0 Å². The van der Waals surface area contributed by atoms with Crippen LogP contribution in [0.1, 0.15) is 20.3 Å². The summed E-state index contributed by atoms with van der Waals surface area (Å²) in [5, 5.41) is 9.41. The Kier molecular flexibility index (Phi) is 29.7. The monoisotopic (exact) mass is 365 g/mol. The van der Waals surface area contributed by atoms with E-state index in [1.54, 1.807) is 0 Å². The largest absolute Gasteiger partial charge is 0.506 e. The molecule has 0 fully saturated rings. The summed E-state index contributed by atoms with van der Waals surface area (Å²) in [6.07, 6.45) is 1.25. The van der Waals surface area contributed by atoms with Crippen LogP contribution in [0.3, 0.4) is 0 Å². The van der Waals surface area contributed by atoms with Crippen molar-refractivity contribution in [3.8, 4) is 5.75 Å². The molecule has 0 saturated heterocycles. The van der Waals surface area contributed by atoms with Crippen LogP contribution in [0.25, 0.3) is 0 Å². The van der Waals surface area contributed by atoms with Crippen LogP contribution in [-0.2, 0) is 0 Å². The van der Waals surface area contributed by atoms with Gasteiger partial charge in [0, 0.05) is 0 Å². The minimum atomic E-state index is -0.0523. The molecule has 3 N–H and O–H groups in total. The first-order valence-electron chi connectivity index (χ1n) is 3.97. The second kappa shape index (κ2) is 16.6. The fourth-order valence-corrected chi connectivity index (χ4v) is 0.929. The third-order valence-electron chi connectivity index (χ3n) is 1.11. The van der Waals surface area contributed by atoms with Gasteiger partial charge in [0.2, 0.25) is 0 Å². The fraction of sp³-hybridized carbons (Fsp3) is 0.333. The predicted molar refractivity (Wildman–Crippen MR) is 87.5 cm³/mol. The van der Waals surface area contributed by atoms with Crippen molar-refractivity contribution < 1.29 is 5.11 Å². The molecule has 1 aromatic rings. The number of phenolic OH excluding ortho intramolecular Hbond substituents is 1.